The molecule has 0 aliphatic carbocycles. The molecule has 0 amide bonds. The van der Waals surface area contributed by atoms with Crippen LogP contribution in [0.15, 0.2) is 0 Å². The molecule has 0 radical (unpaired) electrons. The summed E-state index contributed by atoms with van der Waals surface area (Å²) in [6.07, 6.45) is 0. The van der Waals surface area contributed by atoms with Crippen molar-refractivity contribution in [3.63, 3.8) is 0 Å². The maximum absolute atomic E-state index is 5.70. The van der Waals surface area contributed by atoms with Crippen LogP contribution in [0.1, 0.15) is 34.6 Å². The molecular formula is C11H26N2. The van der Waals surface area contributed by atoms with Gasteiger partial charge in [-0.1, -0.05) is 27.7 Å². The van der Waals surface area contributed by atoms with Gasteiger partial charge < -0.3 is 11.1 Å². The first-order valence-electron chi connectivity index (χ1n) is 5.42. The van der Waals surface area contributed by atoms with Crippen LogP contribution in [0.3, 0.4) is 0 Å². The Morgan fingerprint density at radius 2 is 1.54 bits per heavy atom. The van der Waals surface area contributed by atoms with Crippen LogP contribution in [-0.4, -0.2) is 19.1 Å². The lowest BCUT2D eigenvalue weighted by Crippen LogP contribution is -2.38. The number of nitrogens with one attached hydrogen (secondary N) is 1. The van der Waals surface area contributed by atoms with Gasteiger partial charge in [-0.25, -0.2) is 0 Å². The Kier molecular flexibility index (Phi) is 6.35. The van der Waals surface area contributed by atoms with E-state index in [0.717, 1.165) is 13.1 Å². The second kappa shape index (κ2) is 6.39. The van der Waals surface area contributed by atoms with Crippen molar-refractivity contribution >= 4 is 0 Å². The summed E-state index contributed by atoms with van der Waals surface area (Å²) < 4.78 is 0. The van der Waals surface area contributed by atoms with E-state index in [2.05, 4.69) is 39.9 Å². The van der Waals surface area contributed by atoms with Crippen LogP contribution in [0.25, 0.3) is 0 Å². The fraction of sp³-hybridized carbons (Fsp3) is 1.00. The zero-order valence-electron chi connectivity index (χ0n) is 9.80. The molecule has 0 heterocycles. The summed E-state index contributed by atoms with van der Waals surface area (Å²) in [6.45, 7) is 13.0. The first-order chi connectivity index (χ1) is 5.99. The van der Waals surface area contributed by atoms with Crippen molar-refractivity contribution in [2.75, 3.05) is 13.1 Å². The van der Waals surface area contributed by atoms with E-state index < -0.39 is 0 Å². The Morgan fingerprint density at radius 1 is 1.00 bits per heavy atom. The normalized spacial score (nSPS) is 16.6. The first kappa shape index (κ1) is 12.9. The molecule has 2 heteroatoms. The predicted octanol–water partition coefficient (Wildman–Crippen LogP) is 1.85. The third kappa shape index (κ3) is 5.27. The maximum Gasteiger partial charge on any atom is 0.00618 e. The van der Waals surface area contributed by atoms with E-state index in [1.807, 2.05) is 0 Å². The van der Waals surface area contributed by atoms with Crippen LogP contribution in [-0.2, 0) is 0 Å². The summed E-state index contributed by atoms with van der Waals surface area (Å²) >= 11 is 0. The molecule has 13 heavy (non-hydrogen) atoms. The van der Waals surface area contributed by atoms with Crippen LogP contribution < -0.4 is 11.1 Å². The third-order valence-electron chi connectivity index (χ3n) is 2.95. The highest BCUT2D eigenvalue weighted by Crippen LogP contribution is 2.09. The van der Waals surface area contributed by atoms with E-state index in [1.165, 1.54) is 0 Å². The lowest BCUT2D eigenvalue weighted by atomic mass is 9.95. The van der Waals surface area contributed by atoms with Gasteiger partial charge >= 0.3 is 0 Å². The van der Waals surface area contributed by atoms with Crippen molar-refractivity contribution in [1.29, 1.82) is 0 Å². The SMILES string of the molecule is CC(C)C(CN)CNC(C)C(C)C. The average Bonchev–Trinajstić information content (AvgIpc) is 2.04. The molecule has 2 nitrogen and oxygen atoms in total. The number of nitrogens with two attached hydrogens (primary N) is 1. The smallest absolute Gasteiger partial charge is 0.00618 e. The van der Waals surface area contributed by atoms with Gasteiger partial charge in [0.2, 0.25) is 0 Å². The lowest BCUT2D eigenvalue weighted by molar-refractivity contribution is 0.329. The van der Waals surface area contributed by atoms with Crippen LogP contribution in [0.5, 0.6) is 0 Å². The Labute approximate surface area is 83.3 Å². The van der Waals surface area contributed by atoms with Crippen LogP contribution >= 0.6 is 0 Å². The minimum Gasteiger partial charge on any atom is -0.330 e. The van der Waals surface area contributed by atoms with Gasteiger partial charge in [0.15, 0.2) is 0 Å². The van der Waals surface area contributed by atoms with E-state index >= 15 is 0 Å². The number of rotatable bonds is 6. The molecule has 0 aliphatic heterocycles. The molecule has 0 fully saturated rings. The Balaban J connectivity index is 3.72. The van der Waals surface area contributed by atoms with Crippen molar-refractivity contribution in [3.05, 3.63) is 0 Å². The second-order valence-corrected chi connectivity index (χ2v) is 4.68. The summed E-state index contributed by atoms with van der Waals surface area (Å²) in [5, 5.41) is 3.53. The molecule has 0 saturated heterocycles. The Bertz CT molecular complexity index is 121. The maximum atomic E-state index is 5.70. The molecular weight excluding hydrogens is 160 g/mol. The van der Waals surface area contributed by atoms with Gasteiger partial charge in [0.25, 0.3) is 0 Å². The van der Waals surface area contributed by atoms with Crippen molar-refractivity contribution < 1.29 is 0 Å². The molecule has 0 bridgehead atoms. The van der Waals surface area contributed by atoms with Crippen molar-refractivity contribution in [2.24, 2.45) is 23.5 Å². The van der Waals surface area contributed by atoms with Gasteiger partial charge in [-0.3, -0.25) is 0 Å². The number of hydrogen-bond donors (Lipinski definition) is 2. The zero-order valence-corrected chi connectivity index (χ0v) is 9.80. The molecule has 80 valence electrons. The average molecular weight is 186 g/mol. The fourth-order valence-corrected chi connectivity index (χ4v) is 1.16. The van der Waals surface area contributed by atoms with Crippen molar-refractivity contribution in [1.82, 2.24) is 5.32 Å². The molecule has 0 aromatic carbocycles. The van der Waals surface area contributed by atoms with Gasteiger partial charge in [-0.05, 0) is 37.8 Å². The fourth-order valence-electron chi connectivity index (χ4n) is 1.16. The quantitative estimate of drug-likeness (QED) is 0.664. The van der Waals surface area contributed by atoms with Crippen LogP contribution in [0, 0.1) is 17.8 Å². The molecule has 0 aliphatic rings. The minimum absolute atomic E-state index is 0.591. The van der Waals surface area contributed by atoms with Crippen molar-refractivity contribution in [2.45, 2.75) is 40.7 Å². The van der Waals surface area contributed by atoms with Crippen molar-refractivity contribution in [3.8, 4) is 0 Å². The van der Waals surface area contributed by atoms with Gasteiger partial charge in [0.05, 0.1) is 0 Å². The summed E-state index contributed by atoms with van der Waals surface area (Å²) in [7, 11) is 0. The topological polar surface area (TPSA) is 38.0 Å². The third-order valence-corrected chi connectivity index (χ3v) is 2.95. The molecule has 0 saturated carbocycles. The summed E-state index contributed by atoms with van der Waals surface area (Å²) in [4.78, 5) is 0. The summed E-state index contributed by atoms with van der Waals surface area (Å²) in [6, 6.07) is 0.591. The van der Waals surface area contributed by atoms with Gasteiger partial charge in [-0.15, -0.1) is 0 Å². The van der Waals surface area contributed by atoms with Gasteiger partial charge in [0.1, 0.15) is 0 Å². The van der Waals surface area contributed by atoms with E-state index in [9.17, 15) is 0 Å². The lowest BCUT2D eigenvalue weighted by Gasteiger charge is -2.24. The van der Waals surface area contributed by atoms with E-state index in [0.29, 0.717) is 23.8 Å². The van der Waals surface area contributed by atoms with E-state index in [1.54, 1.807) is 0 Å². The van der Waals surface area contributed by atoms with Gasteiger partial charge in [-0.2, -0.15) is 0 Å². The molecule has 0 aromatic rings. The minimum atomic E-state index is 0.591. The van der Waals surface area contributed by atoms with E-state index in [4.69, 9.17) is 5.73 Å². The zero-order chi connectivity index (χ0) is 10.4. The highest BCUT2D eigenvalue weighted by Gasteiger charge is 2.13. The molecule has 0 rings (SSSR count). The Hall–Kier alpha value is -0.0800. The molecule has 0 spiro atoms. The monoisotopic (exact) mass is 186 g/mol. The standard InChI is InChI=1S/C11H26N2/c1-8(2)10(5)13-7-11(6-12)9(3)4/h8-11,13H,6-7,12H2,1-5H3. The van der Waals surface area contributed by atoms with Gasteiger partial charge in [0, 0.05) is 6.04 Å². The van der Waals surface area contributed by atoms with Crippen LogP contribution in [0.2, 0.25) is 0 Å². The second-order valence-electron chi connectivity index (χ2n) is 4.68. The summed E-state index contributed by atoms with van der Waals surface area (Å²) in [5.41, 5.74) is 5.70. The molecule has 2 atom stereocenters. The molecule has 3 N–H and O–H groups in total. The number of hydrogen-bond acceptors (Lipinski definition) is 2. The highest BCUT2D eigenvalue weighted by molar-refractivity contribution is 4.71. The Morgan fingerprint density at radius 3 is 1.85 bits per heavy atom. The largest absolute Gasteiger partial charge is 0.330 e. The first-order valence-corrected chi connectivity index (χ1v) is 5.42. The molecule has 2 unspecified atom stereocenters. The molecule has 0 aromatic heterocycles. The summed E-state index contributed by atoms with van der Waals surface area (Å²) in [5.74, 6) is 1.99. The predicted molar refractivity (Wildman–Crippen MR) is 59.7 cm³/mol. The van der Waals surface area contributed by atoms with Crippen LogP contribution in [0.4, 0.5) is 0 Å². The highest BCUT2D eigenvalue weighted by atomic mass is 14.9. The van der Waals surface area contributed by atoms with E-state index in [-0.39, 0.29) is 0 Å².